The van der Waals surface area contributed by atoms with Gasteiger partial charge in [0.2, 0.25) is 0 Å². The van der Waals surface area contributed by atoms with Crippen LogP contribution < -0.4 is 14.8 Å². The summed E-state index contributed by atoms with van der Waals surface area (Å²) in [6, 6.07) is 10.3. The molecule has 0 unspecified atom stereocenters. The van der Waals surface area contributed by atoms with Gasteiger partial charge in [-0.25, -0.2) is 0 Å². The van der Waals surface area contributed by atoms with Crippen LogP contribution in [0.4, 0.5) is 5.69 Å². The molecule has 26 heavy (non-hydrogen) atoms. The SMILES string of the molecule is CC(=NOCC(=O)Nc1ccc(Cl)c(Cl)c1)c1ccc2c(c1)OCCO2. The number of amides is 1. The van der Waals surface area contributed by atoms with Crippen LogP contribution in [0.3, 0.4) is 0 Å². The Hall–Kier alpha value is -2.44. The van der Waals surface area contributed by atoms with Crippen molar-refractivity contribution in [1.82, 2.24) is 0 Å². The molecule has 2 aromatic rings. The second kappa shape index (κ2) is 8.29. The topological polar surface area (TPSA) is 69.2 Å². The number of carbonyl (C=O) groups is 1. The molecule has 1 aliphatic rings. The first-order valence-electron chi connectivity index (χ1n) is 7.84. The first-order chi connectivity index (χ1) is 12.5. The molecule has 1 N–H and O–H groups in total. The minimum absolute atomic E-state index is 0.234. The van der Waals surface area contributed by atoms with Crippen LogP contribution >= 0.6 is 23.2 Å². The predicted octanol–water partition coefficient (Wildman–Crippen LogP) is 4.14. The van der Waals surface area contributed by atoms with E-state index < -0.39 is 0 Å². The molecule has 0 radical (unpaired) electrons. The Labute approximate surface area is 160 Å². The van der Waals surface area contributed by atoms with E-state index in [4.69, 9.17) is 37.5 Å². The largest absolute Gasteiger partial charge is 0.486 e. The van der Waals surface area contributed by atoms with Gasteiger partial charge in [0.25, 0.3) is 5.91 Å². The van der Waals surface area contributed by atoms with E-state index in [9.17, 15) is 4.79 Å². The van der Waals surface area contributed by atoms with Crippen LogP contribution in [0.5, 0.6) is 11.5 Å². The molecule has 1 amide bonds. The summed E-state index contributed by atoms with van der Waals surface area (Å²) < 4.78 is 11.0. The number of nitrogens with one attached hydrogen (secondary N) is 1. The van der Waals surface area contributed by atoms with Crippen molar-refractivity contribution in [3.05, 3.63) is 52.0 Å². The number of hydrogen-bond donors (Lipinski definition) is 1. The zero-order chi connectivity index (χ0) is 18.5. The highest BCUT2D eigenvalue weighted by atomic mass is 35.5. The first kappa shape index (κ1) is 18.4. The predicted molar refractivity (Wildman–Crippen MR) is 101 cm³/mol. The number of benzene rings is 2. The molecule has 0 spiro atoms. The summed E-state index contributed by atoms with van der Waals surface area (Å²) in [5.41, 5.74) is 1.96. The maximum absolute atomic E-state index is 11.9. The second-order valence-corrected chi connectivity index (χ2v) is 6.30. The van der Waals surface area contributed by atoms with E-state index in [-0.39, 0.29) is 12.5 Å². The van der Waals surface area contributed by atoms with Crippen LogP contribution in [0.15, 0.2) is 41.6 Å². The van der Waals surface area contributed by atoms with Crippen molar-refractivity contribution in [3.63, 3.8) is 0 Å². The van der Waals surface area contributed by atoms with Gasteiger partial charge in [-0.2, -0.15) is 0 Å². The lowest BCUT2D eigenvalue weighted by molar-refractivity contribution is -0.120. The standard InChI is InChI=1S/C18H16Cl2N2O4/c1-11(12-2-5-16-17(8-12)25-7-6-24-16)22-26-10-18(23)21-13-3-4-14(19)15(20)9-13/h2-5,8-9H,6-7,10H2,1H3,(H,21,23). The maximum atomic E-state index is 11.9. The van der Waals surface area contributed by atoms with Crippen LogP contribution in [0.2, 0.25) is 10.0 Å². The van der Waals surface area contributed by atoms with Gasteiger partial charge in [0.15, 0.2) is 18.1 Å². The van der Waals surface area contributed by atoms with Crippen molar-refractivity contribution in [2.75, 3.05) is 25.1 Å². The Morgan fingerprint density at radius 2 is 1.88 bits per heavy atom. The van der Waals surface area contributed by atoms with Crippen molar-refractivity contribution in [3.8, 4) is 11.5 Å². The summed E-state index contributed by atoms with van der Waals surface area (Å²) >= 11 is 11.7. The van der Waals surface area contributed by atoms with Gasteiger partial charge >= 0.3 is 0 Å². The molecule has 0 aliphatic carbocycles. The Morgan fingerprint density at radius 1 is 1.12 bits per heavy atom. The van der Waals surface area contributed by atoms with Gasteiger partial charge in [0, 0.05) is 11.3 Å². The van der Waals surface area contributed by atoms with E-state index in [1.54, 1.807) is 25.1 Å². The highest BCUT2D eigenvalue weighted by Gasteiger charge is 2.13. The molecule has 136 valence electrons. The minimum Gasteiger partial charge on any atom is -0.486 e. The molecule has 3 rings (SSSR count). The number of nitrogens with zero attached hydrogens (tertiary/aromatic N) is 1. The van der Waals surface area contributed by atoms with E-state index >= 15 is 0 Å². The number of carbonyl (C=O) groups excluding carboxylic acids is 1. The Bertz CT molecular complexity index is 855. The van der Waals surface area contributed by atoms with Gasteiger partial charge in [-0.15, -0.1) is 0 Å². The van der Waals surface area contributed by atoms with Crippen LogP contribution in [0.1, 0.15) is 12.5 Å². The fraction of sp³-hybridized carbons (Fsp3) is 0.222. The quantitative estimate of drug-likeness (QED) is 0.610. The van der Waals surface area contributed by atoms with Crippen LogP contribution in [-0.2, 0) is 9.63 Å². The third-order valence-corrected chi connectivity index (χ3v) is 4.30. The Kier molecular flexibility index (Phi) is 5.85. The summed E-state index contributed by atoms with van der Waals surface area (Å²) in [7, 11) is 0. The van der Waals surface area contributed by atoms with Gasteiger partial charge in [0.1, 0.15) is 13.2 Å². The van der Waals surface area contributed by atoms with Crippen LogP contribution in [0.25, 0.3) is 0 Å². The molecule has 1 aliphatic heterocycles. The summed E-state index contributed by atoms with van der Waals surface area (Å²) in [5, 5.41) is 7.40. The molecule has 8 heteroatoms. The van der Waals surface area contributed by atoms with Crippen LogP contribution in [-0.4, -0.2) is 31.4 Å². The third-order valence-electron chi connectivity index (χ3n) is 3.56. The highest BCUT2D eigenvalue weighted by molar-refractivity contribution is 6.42. The van der Waals surface area contributed by atoms with Gasteiger partial charge < -0.3 is 19.6 Å². The number of rotatable bonds is 5. The van der Waals surface area contributed by atoms with E-state index in [1.165, 1.54) is 0 Å². The number of halogens is 2. The van der Waals surface area contributed by atoms with Crippen molar-refractivity contribution in [2.45, 2.75) is 6.92 Å². The van der Waals surface area contributed by atoms with Crippen LogP contribution in [0, 0.1) is 0 Å². The first-order valence-corrected chi connectivity index (χ1v) is 8.60. The molecule has 1 heterocycles. The number of fused-ring (bicyclic) bond motifs is 1. The Morgan fingerprint density at radius 3 is 2.65 bits per heavy atom. The van der Waals surface area contributed by atoms with Gasteiger partial charge in [0.05, 0.1) is 15.8 Å². The average molecular weight is 395 g/mol. The lowest BCUT2D eigenvalue weighted by Gasteiger charge is -2.18. The molecule has 0 saturated carbocycles. The molecular formula is C18H16Cl2N2O4. The van der Waals surface area contributed by atoms with Gasteiger partial charge in [-0.05, 0) is 43.3 Å². The van der Waals surface area contributed by atoms with E-state index in [0.717, 1.165) is 5.56 Å². The smallest absolute Gasteiger partial charge is 0.265 e. The lowest BCUT2D eigenvalue weighted by Crippen LogP contribution is -2.17. The molecule has 2 aromatic carbocycles. The molecule has 0 bridgehead atoms. The summed E-state index contributed by atoms with van der Waals surface area (Å²) in [6.45, 7) is 2.60. The number of hydrogen-bond acceptors (Lipinski definition) is 5. The zero-order valence-corrected chi connectivity index (χ0v) is 15.4. The monoisotopic (exact) mass is 394 g/mol. The third kappa shape index (κ3) is 4.59. The highest BCUT2D eigenvalue weighted by Crippen LogP contribution is 2.31. The number of anilines is 1. The number of oxime groups is 1. The van der Waals surface area contributed by atoms with Gasteiger partial charge in [-0.1, -0.05) is 28.4 Å². The molecular weight excluding hydrogens is 379 g/mol. The van der Waals surface area contributed by atoms with E-state index in [0.29, 0.717) is 46.2 Å². The normalized spacial score (nSPS) is 13.3. The van der Waals surface area contributed by atoms with Crippen molar-refractivity contribution < 1.29 is 19.1 Å². The fourth-order valence-corrected chi connectivity index (χ4v) is 2.58. The van der Waals surface area contributed by atoms with E-state index in [1.807, 2.05) is 18.2 Å². The molecule has 0 fully saturated rings. The van der Waals surface area contributed by atoms with Crippen molar-refractivity contribution in [2.24, 2.45) is 5.16 Å². The lowest BCUT2D eigenvalue weighted by atomic mass is 10.1. The maximum Gasteiger partial charge on any atom is 0.265 e. The van der Waals surface area contributed by atoms with Crippen molar-refractivity contribution in [1.29, 1.82) is 0 Å². The molecule has 0 atom stereocenters. The Balaban J connectivity index is 1.55. The van der Waals surface area contributed by atoms with Gasteiger partial charge in [-0.3, -0.25) is 4.79 Å². The summed E-state index contributed by atoms with van der Waals surface area (Å²) in [5.74, 6) is 1.01. The van der Waals surface area contributed by atoms with Crippen molar-refractivity contribution >= 4 is 40.5 Å². The molecule has 0 aromatic heterocycles. The molecule has 6 nitrogen and oxygen atoms in total. The average Bonchev–Trinajstić information content (AvgIpc) is 2.64. The fourth-order valence-electron chi connectivity index (χ4n) is 2.28. The summed E-state index contributed by atoms with van der Waals surface area (Å²) in [4.78, 5) is 17.0. The summed E-state index contributed by atoms with van der Waals surface area (Å²) in [6.07, 6.45) is 0. The molecule has 0 saturated heterocycles. The minimum atomic E-state index is -0.359. The second-order valence-electron chi connectivity index (χ2n) is 5.49. The van der Waals surface area contributed by atoms with E-state index in [2.05, 4.69) is 10.5 Å². The number of ether oxygens (including phenoxy) is 2. The zero-order valence-electron chi connectivity index (χ0n) is 13.9.